The van der Waals surface area contributed by atoms with Crippen LogP contribution in [-0.4, -0.2) is 96.7 Å². The SMILES string of the molecule is CCCCCC/C=C\C=C/CCCCCCCC(=O)O[C@H](COC(=O)CCCCCCCCCCCC(C)C)COP(=O)(O)OCC(O)COP(=O)(O)OC[C@@H](COC(=O)CCCCCCCCCCC(C)C)OC(=O)CCCCCCCCCCCCC(C)CC. The van der Waals surface area contributed by atoms with E-state index < -0.39 is 97.5 Å². The molecule has 6 atom stereocenters. The van der Waals surface area contributed by atoms with Gasteiger partial charge in [-0.3, -0.25) is 37.3 Å². The number of aliphatic hydroxyl groups excluding tert-OH is 1. The summed E-state index contributed by atoms with van der Waals surface area (Å²) < 4.78 is 68.4. The van der Waals surface area contributed by atoms with Crippen LogP contribution >= 0.6 is 15.6 Å². The predicted octanol–water partition coefficient (Wildman–Crippen LogP) is 20.6. The van der Waals surface area contributed by atoms with Crippen LogP contribution in [0.5, 0.6) is 0 Å². The molecule has 0 saturated heterocycles. The second-order valence-electron chi connectivity index (χ2n) is 26.8. The molecule has 0 aliphatic rings. The summed E-state index contributed by atoms with van der Waals surface area (Å²) in [6.45, 7) is 11.8. The van der Waals surface area contributed by atoms with E-state index >= 15 is 0 Å². The van der Waals surface area contributed by atoms with Crippen molar-refractivity contribution in [3.05, 3.63) is 24.3 Å². The highest BCUT2D eigenvalue weighted by atomic mass is 31.2. The van der Waals surface area contributed by atoms with Gasteiger partial charge in [0.2, 0.25) is 0 Å². The van der Waals surface area contributed by atoms with E-state index in [1.54, 1.807) is 0 Å². The Morgan fingerprint density at radius 1 is 0.359 bits per heavy atom. The standard InChI is InChI=1S/C73H138O17P2/c1-8-10-11-12-13-14-15-16-17-18-19-25-35-42-49-56-72(77)89-68(60-83-70(75)54-47-40-33-27-22-23-30-37-44-51-64(3)4)62-87-91(79,80)85-58-67(74)59-86-92(81,82)88-63-69(61-84-71(76)55-48-41-34-29-28-31-38-45-52-65(5)6)90-73(78)57-50-43-36-26-21-20-24-32-39-46-53-66(7)9-2/h14-17,64-69,74H,8-13,18-63H2,1-7H3,(H,79,80)(H,81,82)/b15-14-,17-16-/t66?,67?,68-,69-/m1/s1. The van der Waals surface area contributed by atoms with Gasteiger partial charge in [-0.2, -0.15) is 0 Å². The van der Waals surface area contributed by atoms with Crippen LogP contribution in [-0.2, 0) is 65.4 Å². The van der Waals surface area contributed by atoms with Gasteiger partial charge in [0.25, 0.3) is 0 Å². The van der Waals surface area contributed by atoms with Crippen LogP contribution in [0.1, 0.15) is 344 Å². The normalized spacial score (nSPS) is 14.6. The van der Waals surface area contributed by atoms with Crippen LogP contribution in [0.15, 0.2) is 24.3 Å². The minimum atomic E-state index is -4.96. The number of hydrogen-bond donors (Lipinski definition) is 3. The molecule has 0 heterocycles. The van der Waals surface area contributed by atoms with Crippen molar-refractivity contribution < 1.29 is 80.2 Å². The number of ether oxygens (including phenoxy) is 4. The molecule has 92 heavy (non-hydrogen) atoms. The third-order valence-corrected chi connectivity index (χ3v) is 18.5. The zero-order valence-corrected chi connectivity index (χ0v) is 61.3. The Balaban J connectivity index is 5.31. The van der Waals surface area contributed by atoms with E-state index in [-0.39, 0.29) is 25.7 Å². The number of phosphoric ester groups is 2. The summed E-state index contributed by atoms with van der Waals surface area (Å²) in [5, 5.41) is 10.6. The number of allylic oxidation sites excluding steroid dienone is 4. The third-order valence-electron chi connectivity index (χ3n) is 16.6. The van der Waals surface area contributed by atoms with E-state index in [1.165, 1.54) is 141 Å². The lowest BCUT2D eigenvalue weighted by molar-refractivity contribution is -0.161. The molecule has 0 amide bonds. The van der Waals surface area contributed by atoms with E-state index in [4.69, 9.17) is 37.0 Å². The summed E-state index contributed by atoms with van der Waals surface area (Å²) in [5.41, 5.74) is 0. The first-order chi connectivity index (χ1) is 44.3. The van der Waals surface area contributed by atoms with Crippen LogP contribution in [0.3, 0.4) is 0 Å². The lowest BCUT2D eigenvalue weighted by Crippen LogP contribution is -2.30. The van der Waals surface area contributed by atoms with Crippen molar-refractivity contribution in [1.82, 2.24) is 0 Å². The topological polar surface area (TPSA) is 237 Å². The van der Waals surface area contributed by atoms with Gasteiger partial charge in [-0.15, -0.1) is 0 Å². The quantitative estimate of drug-likeness (QED) is 0.0169. The zero-order chi connectivity index (χ0) is 68.0. The lowest BCUT2D eigenvalue weighted by atomic mass is 9.99. The molecular weight excluding hydrogens is 1210 g/mol. The molecule has 0 fully saturated rings. The number of rotatable bonds is 69. The summed E-state index contributed by atoms with van der Waals surface area (Å²) in [6.07, 6.45) is 50.7. The fourth-order valence-electron chi connectivity index (χ4n) is 10.5. The van der Waals surface area contributed by atoms with E-state index in [0.717, 1.165) is 120 Å². The van der Waals surface area contributed by atoms with Crippen LogP contribution in [0.25, 0.3) is 0 Å². The van der Waals surface area contributed by atoms with Crippen molar-refractivity contribution in [2.24, 2.45) is 17.8 Å². The van der Waals surface area contributed by atoms with E-state index in [9.17, 15) is 43.2 Å². The number of phosphoric acid groups is 2. The monoisotopic (exact) mass is 1350 g/mol. The molecule has 0 aromatic heterocycles. The predicted molar refractivity (Wildman–Crippen MR) is 372 cm³/mol. The molecule has 3 N–H and O–H groups in total. The first-order valence-corrected chi connectivity index (χ1v) is 40.2. The van der Waals surface area contributed by atoms with Crippen molar-refractivity contribution >= 4 is 39.5 Å². The Kier molecular flexibility index (Phi) is 61.6. The Morgan fingerprint density at radius 2 is 0.641 bits per heavy atom. The zero-order valence-electron chi connectivity index (χ0n) is 59.5. The van der Waals surface area contributed by atoms with Crippen LogP contribution in [0.2, 0.25) is 0 Å². The number of unbranched alkanes of at least 4 members (excludes halogenated alkanes) is 33. The molecule has 542 valence electrons. The van der Waals surface area contributed by atoms with Gasteiger partial charge in [0.1, 0.15) is 19.3 Å². The number of carbonyl (C=O) groups excluding carboxylic acids is 4. The fraction of sp³-hybridized carbons (Fsp3) is 0.890. The van der Waals surface area contributed by atoms with Crippen molar-refractivity contribution in [3.63, 3.8) is 0 Å². The number of aliphatic hydroxyl groups is 1. The lowest BCUT2D eigenvalue weighted by Gasteiger charge is -2.21. The number of esters is 4. The molecule has 0 spiro atoms. The summed E-state index contributed by atoms with van der Waals surface area (Å²) in [7, 11) is -9.92. The number of carbonyl (C=O) groups is 4. The molecule has 0 rings (SSSR count). The average molecular weight is 1350 g/mol. The molecule has 0 aliphatic heterocycles. The van der Waals surface area contributed by atoms with Gasteiger partial charge in [-0.1, -0.05) is 291 Å². The summed E-state index contributed by atoms with van der Waals surface area (Å²) in [5.74, 6) is 0.114. The average Bonchev–Trinajstić information content (AvgIpc) is 1.89. The smallest absolute Gasteiger partial charge is 0.462 e. The maximum Gasteiger partial charge on any atom is 0.472 e. The highest BCUT2D eigenvalue weighted by Gasteiger charge is 2.30. The van der Waals surface area contributed by atoms with Crippen LogP contribution < -0.4 is 0 Å². The van der Waals surface area contributed by atoms with Crippen molar-refractivity contribution in [2.75, 3.05) is 39.6 Å². The van der Waals surface area contributed by atoms with Crippen LogP contribution in [0.4, 0.5) is 0 Å². The molecule has 0 aromatic carbocycles. The molecule has 0 bridgehead atoms. The Morgan fingerprint density at radius 3 is 0.967 bits per heavy atom. The second-order valence-corrected chi connectivity index (χ2v) is 29.7. The minimum Gasteiger partial charge on any atom is -0.462 e. The van der Waals surface area contributed by atoms with Gasteiger partial charge in [-0.25, -0.2) is 9.13 Å². The molecule has 4 unspecified atom stereocenters. The van der Waals surface area contributed by atoms with Gasteiger partial charge in [0.15, 0.2) is 12.2 Å². The molecule has 19 heteroatoms. The molecule has 0 radical (unpaired) electrons. The highest BCUT2D eigenvalue weighted by Crippen LogP contribution is 2.45. The van der Waals surface area contributed by atoms with Crippen molar-refractivity contribution in [1.29, 1.82) is 0 Å². The van der Waals surface area contributed by atoms with Crippen LogP contribution in [0, 0.1) is 17.8 Å². The van der Waals surface area contributed by atoms with E-state index in [0.29, 0.717) is 25.7 Å². The molecule has 17 nitrogen and oxygen atoms in total. The minimum absolute atomic E-state index is 0.0842. The first kappa shape index (κ1) is 89.5. The number of hydrogen-bond acceptors (Lipinski definition) is 15. The van der Waals surface area contributed by atoms with Gasteiger partial charge < -0.3 is 33.8 Å². The summed E-state index contributed by atoms with van der Waals surface area (Å²) in [4.78, 5) is 72.7. The van der Waals surface area contributed by atoms with Gasteiger partial charge in [0.05, 0.1) is 26.4 Å². The van der Waals surface area contributed by atoms with E-state index in [1.807, 2.05) is 0 Å². The third kappa shape index (κ3) is 64.9. The van der Waals surface area contributed by atoms with Crippen molar-refractivity contribution in [3.8, 4) is 0 Å². The Bertz CT molecular complexity index is 1900. The molecule has 0 saturated carbocycles. The maximum atomic E-state index is 13.0. The van der Waals surface area contributed by atoms with Crippen molar-refractivity contribution in [2.45, 2.75) is 362 Å². The Labute approximate surface area is 561 Å². The molecule has 0 aromatic rings. The van der Waals surface area contributed by atoms with E-state index in [2.05, 4.69) is 72.8 Å². The van der Waals surface area contributed by atoms with Gasteiger partial charge >= 0.3 is 39.5 Å². The fourth-order valence-corrected chi connectivity index (χ4v) is 12.1. The highest BCUT2D eigenvalue weighted by molar-refractivity contribution is 7.47. The van der Waals surface area contributed by atoms with Gasteiger partial charge in [-0.05, 0) is 69.1 Å². The second kappa shape index (κ2) is 63.3. The summed E-state index contributed by atoms with van der Waals surface area (Å²) >= 11 is 0. The largest absolute Gasteiger partial charge is 0.472 e. The molecule has 0 aliphatic carbocycles. The summed E-state index contributed by atoms with van der Waals surface area (Å²) in [6, 6.07) is 0. The Hall–Kier alpha value is -2.46. The maximum absolute atomic E-state index is 13.0. The molecular formula is C73H138O17P2. The first-order valence-electron chi connectivity index (χ1n) is 37.2. The van der Waals surface area contributed by atoms with Gasteiger partial charge in [0, 0.05) is 25.7 Å².